The number of hydrogen-bond donors (Lipinski definition) is 2. The molecule has 2 heterocycles. The van der Waals surface area contributed by atoms with Crippen molar-refractivity contribution in [3.8, 4) is 17.1 Å². The van der Waals surface area contributed by atoms with Crippen LogP contribution in [0.1, 0.15) is 17.5 Å². The van der Waals surface area contributed by atoms with Crippen LogP contribution in [0.2, 0.25) is 0 Å². The van der Waals surface area contributed by atoms with Crippen LogP contribution in [0.3, 0.4) is 0 Å². The number of sulfonamides is 1. The van der Waals surface area contributed by atoms with Crippen molar-refractivity contribution in [1.82, 2.24) is 9.97 Å². The Hall–Kier alpha value is -3.67. The summed E-state index contributed by atoms with van der Waals surface area (Å²) in [4.78, 5) is 18.3. The minimum Gasteiger partial charge on any atom is -0.481 e. The Morgan fingerprint density at radius 1 is 1.06 bits per heavy atom. The molecule has 12 heteroatoms. The van der Waals surface area contributed by atoms with Gasteiger partial charge in [-0.25, -0.2) is 4.98 Å². The number of carbonyl (C=O) groups is 1. The van der Waals surface area contributed by atoms with Crippen LogP contribution >= 0.6 is 0 Å². The van der Waals surface area contributed by atoms with E-state index in [2.05, 4.69) is 14.7 Å². The van der Waals surface area contributed by atoms with Crippen LogP contribution in [0.15, 0.2) is 59.6 Å². The third-order valence-electron chi connectivity index (χ3n) is 4.38. The molecule has 0 aliphatic rings. The van der Waals surface area contributed by atoms with Crippen molar-refractivity contribution in [2.75, 3.05) is 11.3 Å². The predicted octanol–water partition coefficient (Wildman–Crippen LogP) is 4.13. The summed E-state index contributed by atoms with van der Waals surface area (Å²) in [6.45, 7) is 1.40. The van der Waals surface area contributed by atoms with Gasteiger partial charge in [0.2, 0.25) is 5.88 Å². The highest BCUT2D eigenvalue weighted by Crippen LogP contribution is 2.38. The van der Waals surface area contributed by atoms with Gasteiger partial charge >= 0.3 is 12.1 Å². The second-order valence-corrected chi connectivity index (χ2v) is 8.45. The van der Waals surface area contributed by atoms with Gasteiger partial charge in [-0.1, -0.05) is 30.3 Å². The molecule has 0 aliphatic carbocycles. The van der Waals surface area contributed by atoms with Gasteiger partial charge < -0.3 is 9.84 Å². The number of carboxylic acids is 1. The molecule has 2 N–H and O–H groups in total. The number of nitrogens with one attached hydrogen (secondary N) is 1. The van der Waals surface area contributed by atoms with Crippen LogP contribution in [-0.2, 0) is 21.0 Å². The maximum Gasteiger partial charge on any atom is 0.418 e. The molecule has 0 amide bonds. The highest BCUT2D eigenvalue weighted by atomic mass is 32.2. The standard InChI is InChI=1S/C21H18F3N3O5S/c1-13-5-2-3-6-14(13)20-15(21(22,23)24)9-10-16(25-20)27-33(30,31)18-8-4-7-17(26-18)32-12-11-19(28)29/h2-10H,11-12H2,1H3,(H,25,27)(H,28,29). The van der Waals surface area contributed by atoms with E-state index in [1.165, 1.54) is 18.2 Å². The fourth-order valence-corrected chi connectivity index (χ4v) is 3.81. The van der Waals surface area contributed by atoms with Gasteiger partial charge in [0.1, 0.15) is 12.4 Å². The van der Waals surface area contributed by atoms with Crippen molar-refractivity contribution in [3.63, 3.8) is 0 Å². The summed E-state index contributed by atoms with van der Waals surface area (Å²) < 4.78 is 73.4. The number of aryl methyl sites for hydroxylation is 1. The number of hydrogen-bond acceptors (Lipinski definition) is 6. The predicted molar refractivity (Wildman–Crippen MR) is 112 cm³/mol. The summed E-state index contributed by atoms with van der Waals surface area (Å²) in [5, 5.41) is 8.17. The summed E-state index contributed by atoms with van der Waals surface area (Å²) in [6.07, 6.45) is -5.01. The Morgan fingerprint density at radius 3 is 2.45 bits per heavy atom. The summed E-state index contributed by atoms with van der Waals surface area (Å²) in [7, 11) is -4.34. The molecule has 0 radical (unpaired) electrons. The highest BCUT2D eigenvalue weighted by Gasteiger charge is 2.35. The van der Waals surface area contributed by atoms with Crippen molar-refractivity contribution >= 4 is 21.8 Å². The van der Waals surface area contributed by atoms with E-state index in [1.54, 1.807) is 25.1 Å². The Morgan fingerprint density at radius 2 is 1.79 bits per heavy atom. The number of anilines is 1. The number of alkyl halides is 3. The van der Waals surface area contributed by atoms with E-state index < -0.39 is 38.5 Å². The van der Waals surface area contributed by atoms with E-state index in [9.17, 15) is 26.4 Å². The van der Waals surface area contributed by atoms with E-state index in [1.807, 2.05) is 0 Å². The lowest BCUT2D eigenvalue weighted by atomic mass is 10.0. The van der Waals surface area contributed by atoms with Gasteiger partial charge in [0, 0.05) is 11.6 Å². The summed E-state index contributed by atoms with van der Waals surface area (Å²) in [5.74, 6) is -1.56. The quantitative estimate of drug-likeness (QED) is 0.497. The molecule has 0 unspecified atom stereocenters. The summed E-state index contributed by atoms with van der Waals surface area (Å²) in [6, 6.07) is 11.8. The number of benzene rings is 1. The molecule has 0 atom stereocenters. The van der Waals surface area contributed by atoms with Gasteiger partial charge in [-0.15, -0.1) is 0 Å². The number of pyridine rings is 2. The third-order valence-corrected chi connectivity index (χ3v) is 5.63. The van der Waals surface area contributed by atoms with Crippen molar-refractivity contribution < 1.29 is 36.2 Å². The molecule has 2 aromatic heterocycles. The van der Waals surface area contributed by atoms with Crippen LogP contribution < -0.4 is 9.46 Å². The first-order valence-electron chi connectivity index (χ1n) is 9.46. The number of nitrogens with zero attached hydrogens (tertiary/aromatic N) is 2. The minimum absolute atomic E-state index is 0.125. The lowest BCUT2D eigenvalue weighted by molar-refractivity contribution is -0.138. The molecule has 1 aromatic carbocycles. The SMILES string of the molecule is Cc1ccccc1-c1nc(NS(=O)(=O)c2cccc(OCCC(=O)O)n2)ccc1C(F)(F)F. The topological polar surface area (TPSA) is 118 Å². The van der Waals surface area contributed by atoms with Gasteiger partial charge in [-0.2, -0.15) is 26.6 Å². The smallest absolute Gasteiger partial charge is 0.418 e. The molecule has 0 spiro atoms. The number of aromatic nitrogens is 2. The summed E-state index contributed by atoms with van der Waals surface area (Å²) in [5.41, 5.74) is -0.688. The van der Waals surface area contributed by atoms with E-state index >= 15 is 0 Å². The first-order valence-corrected chi connectivity index (χ1v) is 10.9. The number of halogens is 3. The monoisotopic (exact) mass is 481 g/mol. The molecular weight excluding hydrogens is 463 g/mol. The zero-order valence-corrected chi connectivity index (χ0v) is 17.9. The first kappa shape index (κ1) is 24.0. The first-order chi connectivity index (χ1) is 15.5. The molecule has 0 aliphatic heterocycles. The van der Waals surface area contributed by atoms with Gasteiger partial charge in [0.25, 0.3) is 10.0 Å². The van der Waals surface area contributed by atoms with E-state index in [0.717, 1.165) is 18.2 Å². The van der Waals surface area contributed by atoms with E-state index in [0.29, 0.717) is 5.56 Å². The Labute approximate surface area is 187 Å². The van der Waals surface area contributed by atoms with Crippen molar-refractivity contribution in [2.24, 2.45) is 0 Å². The molecule has 0 saturated heterocycles. The highest BCUT2D eigenvalue weighted by molar-refractivity contribution is 7.92. The average molecular weight is 481 g/mol. The normalized spacial score (nSPS) is 11.8. The zero-order chi connectivity index (χ0) is 24.2. The molecule has 3 aromatic rings. The maximum absolute atomic E-state index is 13.6. The molecule has 0 saturated carbocycles. The lowest BCUT2D eigenvalue weighted by Crippen LogP contribution is -2.17. The number of ether oxygens (including phenoxy) is 1. The van der Waals surface area contributed by atoms with Crippen molar-refractivity contribution in [3.05, 3.63) is 65.7 Å². The van der Waals surface area contributed by atoms with E-state index in [4.69, 9.17) is 9.84 Å². The van der Waals surface area contributed by atoms with Crippen LogP contribution in [0, 0.1) is 6.92 Å². The molecule has 3 rings (SSSR count). The lowest BCUT2D eigenvalue weighted by Gasteiger charge is -2.16. The summed E-state index contributed by atoms with van der Waals surface area (Å²) >= 11 is 0. The molecular formula is C21H18F3N3O5S. The maximum atomic E-state index is 13.6. The largest absolute Gasteiger partial charge is 0.481 e. The molecule has 8 nitrogen and oxygen atoms in total. The van der Waals surface area contributed by atoms with Crippen molar-refractivity contribution in [2.45, 2.75) is 24.5 Å². The molecule has 174 valence electrons. The number of aliphatic carboxylic acids is 1. The van der Waals surface area contributed by atoms with Crippen molar-refractivity contribution in [1.29, 1.82) is 0 Å². The van der Waals surface area contributed by atoms with E-state index in [-0.39, 0.29) is 30.3 Å². The van der Waals surface area contributed by atoms with Gasteiger partial charge in [0.15, 0.2) is 5.03 Å². The Kier molecular flexibility index (Phi) is 6.86. The van der Waals surface area contributed by atoms with Gasteiger partial charge in [0.05, 0.1) is 17.7 Å². The molecule has 0 fully saturated rings. The van der Waals surface area contributed by atoms with Crippen LogP contribution in [0.4, 0.5) is 19.0 Å². The van der Waals surface area contributed by atoms with Crippen LogP contribution in [0.25, 0.3) is 11.3 Å². The Balaban J connectivity index is 1.94. The molecule has 33 heavy (non-hydrogen) atoms. The second kappa shape index (κ2) is 9.45. The van der Waals surface area contributed by atoms with Crippen LogP contribution in [-0.4, -0.2) is 36.1 Å². The number of rotatable bonds is 8. The number of carboxylic acid groups (broad SMARTS) is 1. The zero-order valence-electron chi connectivity index (χ0n) is 17.1. The fourth-order valence-electron chi connectivity index (χ4n) is 2.85. The van der Waals surface area contributed by atoms with Crippen LogP contribution in [0.5, 0.6) is 5.88 Å². The third kappa shape index (κ3) is 5.98. The second-order valence-electron chi connectivity index (χ2n) is 6.82. The molecule has 0 bridgehead atoms. The van der Waals surface area contributed by atoms with Gasteiger partial charge in [-0.05, 0) is 30.7 Å². The fraction of sp³-hybridized carbons (Fsp3) is 0.190. The van der Waals surface area contributed by atoms with Gasteiger partial charge in [-0.3, -0.25) is 9.52 Å². The Bertz CT molecular complexity index is 1280. The average Bonchev–Trinajstić information content (AvgIpc) is 2.73. The minimum atomic E-state index is -4.70.